The quantitative estimate of drug-likeness (QED) is 0.440. The number of para-hydroxylation sites is 1. The highest BCUT2D eigenvalue weighted by molar-refractivity contribution is 7.18. The molecule has 3 aromatic heterocycles. The summed E-state index contributed by atoms with van der Waals surface area (Å²) >= 11 is 1.76. The lowest BCUT2D eigenvalue weighted by atomic mass is 10.1. The predicted molar refractivity (Wildman–Crippen MR) is 131 cm³/mol. The number of aromatic nitrogens is 4. The van der Waals surface area contributed by atoms with Crippen LogP contribution < -0.4 is 0 Å². The molecule has 0 bridgehead atoms. The van der Waals surface area contributed by atoms with E-state index in [1.807, 2.05) is 27.9 Å². The van der Waals surface area contributed by atoms with Crippen LogP contribution in [0.1, 0.15) is 59.7 Å². The van der Waals surface area contributed by atoms with Gasteiger partial charge in [-0.3, -0.25) is 9.69 Å². The third-order valence-electron chi connectivity index (χ3n) is 6.66. The van der Waals surface area contributed by atoms with E-state index in [1.165, 1.54) is 4.70 Å². The van der Waals surface area contributed by atoms with Crippen LogP contribution in [0.4, 0.5) is 0 Å². The first-order valence-electron chi connectivity index (χ1n) is 11.8. The van der Waals surface area contributed by atoms with Crippen LogP contribution in [0.25, 0.3) is 21.3 Å². The van der Waals surface area contributed by atoms with Gasteiger partial charge in [-0.25, -0.2) is 14.6 Å². The molecule has 8 heteroatoms. The molecule has 1 aromatic carbocycles. The Hall–Kier alpha value is -2.84. The molecule has 33 heavy (non-hydrogen) atoms. The Morgan fingerprint density at radius 2 is 1.91 bits per heavy atom. The maximum Gasteiger partial charge on any atom is 0.254 e. The first-order chi connectivity index (χ1) is 16.1. The summed E-state index contributed by atoms with van der Waals surface area (Å²) in [6, 6.07) is 10.5. The molecular formula is C25H28N6OS. The van der Waals surface area contributed by atoms with E-state index >= 15 is 0 Å². The third-order valence-corrected chi connectivity index (χ3v) is 7.68. The van der Waals surface area contributed by atoms with Crippen molar-refractivity contribution in [1.82, 2.24) is 29.5 Å². The molecule has 6 rings (SSSR count). The Balaban J connectivity index is 1.20. The van der Waals surface area contributed by atoms with Crippen LogP contribution in [0, 0.1) is 0 Å². The molecule has 1 aliphatic heterocycles. The Morgan fingerprint density at radius 3 is 2.64 bits per heavy atom. The molecule has 0 atom stereocenters. The molecule has 1 saturated heterocycles. The van der Waals surface area contributed by atoms with Gasteiger partial charge in [0.15, 0.2) is 5.65 Å². The van der Waals surface area contributed by atoms with Crippen molar-refractivity contribution in [2.75, 3.05) is 26.2 Å². The number of fused-ring (bicyclic) bond motifs is 2. The molecule has 2 aliphatic rings. The molecule has 7 nitrogen and oxygen atoms in total. The van der Waals surface area contributed by atoms with Gasteiger partial charge in [-0.2, -0.15) is 5.10 Å². The second-order valence-corrected chi connectivity index (χ2v) is 10.5. The molecule has 0 unspecified atom stereocenters. The van der Waals surface area contributed by atoms with E-state index in [4.69, 9.17) is 9.97 Å². The van der Waals surface area contributed by atoms with Gasteiger partial charge in [0.05, 0.1) is 33.9 Å². The van der Waals surface area contributed by atoms with Gasteiger partial charge in [-0.05, 0) is 44.9 Å². The average Bonchev–Trinajstić information content (AvgIpc) is 3.45. The zero-order valence-electron chi connectivity index (χ0n) is 19.1. The van der Waals surface area contributed by atoms with Crippen molar-refractivity contribution < 1.29 is 4.79 Å². The summed E-state index contributed by atoms with van der Waals surface area (Å²) in [6.45, 7) is 8.21. The van der Waals surface area contributed by atoms with E-state index in [0.717, 1.165) is 78.4 Å². The third kappa shape index (κ3) is 3.91. The van der Waals surface area contributed by atoms with Crippen LogP contribution in [-0.4, -0.2) is 61.6 Å². The molecule has 1 amide bonds. The van der Waals surface area contributed by atoms with Crippen LogP contribution in [0.5, 0.6) is 0 Å². The molecule has 4 aromatic rings. The predicted octanol–water partition coefficient (Wildman–Crippen LogP) is 4.46. The number of benzene rings is 1. The lowest BCUT2D eigenvalue weighted by molar-refractivity contribution is 0.0630. The molecule has 1 saturated carbocycles. The summed E-state index contributed by atoms with van der Waals surface area (Å²) in [5.41, 5.74) is 3.71. The molecule has 2 fully saturated rings. The molecule has 0 N–H and O–H groups in total. The van der Waals surface area contributed by atoms with Gasteiger partial charge in [-0.1, -0.05) is 12.1 Å². The standard InChI is InChI=1S/C25H28N6OS/c1-16(2)31-24-19(14-26-31)18(13-21(28-24)17-7-8-17)25(32)30-11-9-29(10-12-30)15-23-27-20-5-3-4-6-22(20)33-23/h3-6,13-14,16-17H,7-12,15H2,1-2H3. The van der Waals surface area contributed by atoms with Crippen molar-refractivity contribution in [3.05, 3.63) is 52.8 Å². The number of nitrogens with zero attached hydrogens (tertiary/aromatic N) is 6. The minimum Gasteiger partial charge on any atom is -0.336 e. The van der Waals surface area contributed by atoms with Crippen molar-refractivity contribution in [2.45, 2.75) is 45.2 Å². The number of carbonyl (C=O) groups excluding carboxylic acids is 1. The van der Waals surface area contributed by atoms with Crippen molar-refractivity contribution in [2.24, 2.45) is 0 Å². The zero-order valence-corrected chi connectivity index (χ0v) is 19.9. The van der Waals surface area contributed by atoms with Gasteiger partial charge in [0.25, 0.3) is 5.91 Å². The zero-order chi connectivity index (χ0) is 22.5. The molecular weight excluding hydrogens is 432 g/mol. The summed E-state index contributed by atoms with van der Waals surface area (Å²) in [6.07, 6.45) is 4.13. The molecule has 170 valence electrons. The van der Waals surface area contributed by atoms with Crippen LogP contribution >= 0.6 is 11.3 Å². The van der Waals surface area contributed by atoms with E-state index in [2.05, 4.69) is 42.0 Å². The maximum atomic E-state index is 13.6. The fourth-order valence-electron chi connectivity index (χ4n) is 4.64. The van der Waals surface area contributed by atoms with Crippen molar-refractivity contribution in [1.29, 1.82) is 0 Å². The minimum atomic E-state index is 0.104. The number of carbonyl (C=O) groups is 1. The summed E-state index contributed by atoms with van der Waals surface area (Å²) in [5, 5.41) is 6.56. The number of thiazole rings is 1. The highest BCUT2D eigenvalue weighted by Crippen LogP contribution is 2.40. The minimum absolute atomic E-state index is 0.104. The number of hydrogen-bond donors (Lipinski definition) is 0. The number of piperazine rings is 1. The van der Waals surface area contributed by atoms with Crippen molar-refractivity contribution in [3.8, 4) is 0 Å². The van der Waals surface area contributed by atoms with Gasteiger partial charge in [0, 0.05) is 43.8 Å². The smallest absolute Gasteiger partial charge is 0.254 e. The fourth-order valence-corrected chi connectivity index (χ4v) is 5.65. The maximum absolute atomic E-state index is 13.6. The van der Waals surface area contributed by atoms with Gasteiger partial charge < -0.3 is 4.90 Å². The number of amides is 1. The lowest BCUT2D eigenvalue weighted by Crippen LogP contribution is -2.48. The fraction of sp³-hybridized carbons (Fsp3) is 0.440. The van der Waals surface area contributed by atoms with E-state index in [0.29, 0.717) is 5.92 Å². The number of hydrogen-bond acceptors (Lipinski definition) is 6. The van der Waals surface area contributed by atoms with Crippen molar-refractivity contribution in [3.63, 3.8) is 0 Å². The largest absolute Gasteiger partial charge is 0.336 e. The van der Waals surface area contributed by atoms with Crippen LogP contribution in [0.2, 0.25) is 0 Å². The van der Waals surface area contributed by atoms with E-state index in [-0.39, 0.29) is 11.9 Å². The van der Waals surface area contributed by atoms with Gasteiger partial charge in [-0.15, -0.1) is 11.3 Å². The summed E-state index contributed by atoms with van der Waals surface area (Å²) < 4.78 is 3.17. The van der Waals surface area contributed by atoms with Crippen LogP contribution in [-0.2, 0) is 6.54 Å². The first-order valence-corrected chi connectivity index (χ1v) is 12.6. The summed E-state index contributed by atoms with van der Waals surface area (Å²) in [4.78, 5) is 27.7. The Labute approximate surface area is 197 Å². The topological polar surface area (TPSA) is 67.2 Å². The SMILES string of the molecule is CC(C)n1ncc2c(C(=O)N3CCN(Cc4nc5ccccc5s4)CC3)cc(C3CC3)nc21. The molecule has 4 heterocycles. The number of pyridine rings is 1. The Morgan fingerprint density at radius 1 is 1.12 bits per heavy atom. The second-order valence-electron chi connectivity index (χ2n) is 9.43. The average molecular weight is 461 g/mol. The van der Waals surface area contributed by atoms with Gasteiger partial charge in [0.1, 0.15) is 5.01 Å². The highest BCUT2D eigenvalue weighted by atomic mass is 32.1. The Kier molecular flexibility index (Phi) is 5.14. The number of rotatable bonds is 5. The lowest BCUT2D eigenvalue weighted by Gasteiger charge is -2.34. The second kappa shape index (κ2) is 8.18. The van der Waals surface area contributed by atoms with E-state index < -0.39 is 0 Å². The normalized spacial score (nSPS) is 17.5. The molecule has 1 aliphatic carbocycles. The van der Waals surface area contributed by atoms with Gasteiger partial charge >= 0.3 is 0 Å². The van der Waals surface area contributed by atoms with Crippen LogP contribution in [0.15, 0.2) is 36.5 Å². The molecule has 0 spiro atoms. The Bertz CT molecular complexity index is 1300. The summed E-state index contributed by atoms with van der Waals surface area (Å²) in [7, 11) is 0. The highest BCUT2D eigenvalue weighted by Gasteiger charge is 2.30. The monoisotopic (exact) mass is 460 g/mol. The van der Waals surface area contributed by atoms with Gasteiger partial charge in [0.2, 0.25) is 0 Å². The van der Waals surface area contributed by atoms with E-state index in [1.54, 1.807) is 11.3 Å². The van der Waals surface area contributed by atoms with E-state index in [9.17, 15) is 4.79 Å². The van der Waals surface area contributed by atoms with Crippen LogP contribution in [0.3, 0.4) is 0 Å². The summed E-state index contributed by atoms with van der Waals surface area (Å²) in [5.74, 6) is 0.592. The van der Waals surface area contributed by atoms with Crippen molar-refractivity contribution >= 4 is 38.5 Å². The molecule has 0 radical (unpaired) electrons. The first kappa shape index (κ1) is 20.7.